The normalized spacial score (nSPS) is 18.3. The molecule has 0 radical (unpaired) electrons. The van der Waals surface area contributed by atoms with Crippen LogP contribution in [-0.4, -0.2) is 56.2 Å². The number of nitrogens with one attached hydrogen (secondary N) is 2. The van der Waals surface area contributed by atoms with Gasteiger partial charge in [-0.1, -0.05) is 6.07 Å². The van der Waals surface area contributed by atoms with Crippen molar-refractivity contribution in [3.8, 4) is 0 Å². The van der Waals surface area contributed by atoms with Gasteiger partial charge in [-0.25, -0.2) is 13.4 Å². The highest BCUT2D eigenvalue weighted by atomic mass is 35.5. The molecule has 1 heterocycles. The first-order valence-corrected chi connectivity index (χ1v) is 12.5. The molecule has 194 valence electrons. The number of alkyl halides is 3. The fourth-order valence-corrected chi connectivity index (χ4v) is 5.10. The van der Waals surface area contributed by atoms with E-state index in [1.54, 1.807) is 6.20 Å². The van der Waals surface area contributed by atoms with E-state index >= 15 is 0 Å². The number of rotatable bonds is 7. The number of benzene rings is 1. The number of amides is 1. The molecule has 0 atom stereocenters. The maximum atomic E-state index is 12.9. The minimum absolute atomic E-state index is 0. The number of aromatic nitrogens is 2. The number of carbonyl (C=O) groups excluding carboxylic acids is 1. The molecule has 13 heteroatoms. The third kappa shape index (κ3) is 7.69. The lowest BCUT2D eigenvalue weighted by Gasteiger charge is -2.30. The van der Waals surface area contributed by atoms with Crippen molar-refractivity contribution < 1.29 is 26.4 Å². The zero-order valence-electron chi connectivity index (χ0n) is 19.6. The van der Waals surface area contributed by atoms with Crippen LogP contribution in [-0.2, 0) is 20.8 Å². The molecule has 1 aliphatic carbocycles. The second-order valence-electron chi connectivity index (χ2n) is 8.64. The van der Waals surface area contributed by atoms with Gasteiger partial charge in [0.1, 0.15) is 11.6 Å². The number of carbonyl (C=O) groups is 1. The standard InChI is InChI=1S/C22H28F3N5O3S.ClH/c1-14-12-26-21(29-20(14)30(2)3)28-17-9-7-16(8-10-17)27-19(31)13-34(32,33)18-6-4-5-15(11-18)22(23,24)25;/h4-6,11-12,16-17H,7-10,13H2,1-3H3,(H,27,31)(H,26,28,29);1H/t16-,17+;. The summed E-state index contributed by atoms with van der Waals surface area (Å²) in [4.78, 5) is 22.6. The largest absolute Gasteiger partial charge is 0.416 e. The number of aryl methyl sites for hydroxylation is 1. The van der Waals surface area contributed by atoms with Crippen LogP contribution in [0.3, 0.4) is 0 Å². The zero-order chi connectivity index (χ0) is 25.1. The number of halogens is 4. The summed E-state index contributed by atoms with van der Waals surface area (Å²) in [6, 6.07) is 3.31. The Morgan fingerprint density at radius 1 is 1.14 bits per heavy atom. The number of nitrogens with zero attached hydrogens (tertiary/aromatic N) is 3. The molecule has 3 rings (SSSR count). The Labute approximate surface area is 209 Å². The highest BCUT2D eigenvalue weighted by Gasteiger charge is 2.32. The van der Waals surface area contributed by atoms with E-state index in [0.29, 0.717) is 24.9 Å². The molecule has 0 bridgehead atoms. The van der Waals surface area contributed by atoms with Crippen LogP contribution in [0.2, 0.25) is 0 Å². The Balaban J connectivity index is 0.00000432. The van der Waals surface area contributed by atoms with Gasteiger partial charge in [-0.2, -0.15) is 18.2 Å². The summed E-state index contributed by atoms with van der Waals surface area (Å²) in [5.41, 5.74) is -0.114. The molecule has 2 N–H and O–H groups in total. The maximum Gasteiger partial charge on any atom is 0.416 e. The second kappa shape index (κ2) is 11.4. The highest BCUT2D eigenvalue weighted by Crippen LogP contribution is 2.30. The van der Waals surface area contributed by atoms with Crippen molar-refractivity contribution in [2.45, 2.75) is 55.8 Å². The van der Waals surface area contributed by atoms with Gasteiger partial charge >= 0.3 is 6.18 Å². The summed E-state index contributed by atoms with van der Waals surface area (Å²) in [7, 11) is -0.398. The van der Waals surface area contributed by atoms with Gasteiger partial charge in [-0.3, -0.25) is 4.79 Å². The van der Waals surface area contributed by atoms with Crippen molar-refractivity contribution in [3.05, 3.63) is 41.6 Å². The van der Waals surface area contributed by atoms with Crippen LogP contribution in [0.5, 0.6) is 0 Å². The van der Waals surface area contributed by atoms with Gasteiger partial charge in [-0.15, -0.1) is 12.4 Å². The third-order valence-corrected chi connectivity index (χ3v) is 7.25. The summed E-state index contributed by atoms with van der Waals surface area (Å²) >= 11 is 0. The molecular weight excluding hydrogens is 507 g/mol. The quantitative estimate of drug-likeness (QED) is 0.558. The summed E-state index contributed by atoms with van der Waals surface area (Å²) < 4.78 is 63.6. The topological polar surface area (TPSA) is 104 Å². The van der Waals surface area contributed by atoms with E-state index in [2.05, 4.69) is 20.6 Å². The molecule has 1 aliphatic rings. The summed E-state index contributed by atoms with van der Waals surface area (Å²) in [5.74, 6) is -0.294. The van der Waals surface area contributed by atoms with Crippen LogP contribution in [0.25, 0.3) is 0 Å². The fourth-order valence-electron chi connectivity index (χ4n) is 3.91. The molecule has 1 amide bonds. The van der Waals surface area contributed by atoms with Crippen molar-refractivity contribution in [2.75, 3.05) is 30.1 Å². The lowest BCUT2D eigenvalue weighted by atomic mass is 9.91. The van der Waals surface area contributed by atoms with Crippen LogP contribution in [0.4, 0.5) is 24.9 Å². The number of hydrogen-bond donors (Lipinski definition) is 2. The van der Waals surface area contributed by atoms with E-state index in [1.165, 1.54) is 0 Å². The summed E-state index contributed by atoms with van der Waals surface area (Å²) in [6.45, 7) is 1.93. The smallest absolute Gasteiger partial charge is 0.362 e. The van der Waals surface area contributed by atoms with Gasteiger partial charge < -0.3 is 15.5 Å². The van der Waals surface area contributed by atoms with E-state index in [0.717, 1.165) is 42.4 Å². The molecule has 1 aromatic heterocycles. The van der Waals surface area contributed by atoms with Gasteiger partial charge in [0.05, 0.1) is 10.5 Å². The molecule has 8 nitrogen and oxygen atoms in total. The van der Waals surface area contributed by atoms with Crippen molar-refractivity contribution in [1.82, 2.24) is 15.3 Å². The first kappa shape index (κ1) is 28.6. The Bertz CT molecular complexity index is 1140. The predicted octanol–water partition coefficient (Wildman–Crippen LogP) is 3.60. The Morgan fingerprint density at radius 2 is 1.77 bits per heavy atom. The van der Waals surface area contributed by atoms with Gasteiger partial charge in [0, 0.05) is 37.9 Å². The van der Waals surface area contributed by atoms with Gasteiger partial charge in [0.25, 0.3) is 0 Å². The van der Waals surface area contributed by atoms with Gasteiger partial charge in [0.15, 0.2) is 9.84 Å². The molecule has 0 unspecified atom stereocenters. The number of anilines is 2. The van der Waals surface area contributed by atoms with E-state index < -0.39 is 38.1 Å². The average Bonchev–Trinajstić information content (AvgIpc) is 2.75. The summed E-state index contributed by atoms with van der Waals surface area (Å²) in [5, 5.41) is 6.00. The van der Waals surface area contributed by atoms with Crippen LogP contribution in [0.15, 0.2) is 35.4 Å². The lowest BCUT2D eigenvalue weighted by molar-refractivity contribution is -0.137. The molecule has 35 heavy (non-hydrogen) atoms. The highest BCUT2D eigenvalue weighted by molar-refractivity contribution is 7.92. The first-order chi connectivity index (χ1) is 15.8. The van der Waals surface area contributed by atoms with Crippen LogP contribution in [0.1, 0.15) is 36.8 Å². The lowest BCUT2D eigenvalue weighted by Crippen LogP contribution is -2.42. The molecule has 1 fully saturated rings. The molecular formula is C22H29ClF3N5O3S. The van der Waals surface area contributed by atoms with Crippen LogP contribution >= 0.6 is 12.4 Å². The number of sulfone groups is 1. The predicted molar refractivity (Wildman–Crippen MR) is 130 cm³/mol. The molecule has 2 aromatic rings. The van der Waals surface area contributed by atoms with Crippen molar-refractivity contribution >= 4 is 39.9 Å². The Morgan fingerprint density at radius 3 is 2.37 bits per heavy atom. The van der Waals surface area contributed by atoms with Crippen LogP contribution < -0.4 is 15.5 Å². The zero-order valence-corrected chi connectivity index (χ0v) is 21.2. The molecule has 0 saturated heterocycles. The molecule has 1 saturated carbocycles. The minimum atomic E-state index is -4.67. The van der Waals surface area contributed by atoms with E-state index in [1.807, 2.05) is 25.9 Å². The molecule has 1 aromatic carbocycles. The maximum absolute atomic E-state index is 12.9. The van der Waals surface area contributed by atoms with Crippen molar-refractivity contribution in [3.63, 3.8) is 0 Å². The Hall–Kier alpha value is -2.60. The van der Waals surface area contributed by atoms with Crippen molar-refractivity contribution in [1.29, 1.82) is 0 Å². The minimum Gasteiger partial charge on any atom is -0.362 e. The third-order valence-electron chi connectivity index (χ3n) is 5.64. The first-order valence-electron chi connectivity index (χ1n) is 10.8. The van der Waals surface area contributed by atoms with E-state index in [9.17, 15) is 26.4 Å². The van der Waals surface area contributed by atoms with Crippen molar-refractivity contribution in [2.24, 2.45) is 0 Å². The van der Waals surface area contributed by atoms with Gasteiger partial charge in [0.2, 0.25) is 11.9 Å². The van der Waals surface area contributed by atoms with Crippen LogP contribution in [0, 0.1) is 6.92 Å². The second-order valence-corrected chi connectivity index (χ2v) is 10.6. The summed E-state index contributed by atoms with van der Waals surface area (Å²) in [6.07, 6.45) is -0.224. The van der Waals surface area contributed by atoms with Gasteiger partial charge in [-0.05, 0) is 50.8 Å². The average molecular weight is 536 g/mol. The van der Waals surface area contributed by atoms with E-state index in [-0.39, 0.29) is 24.5 Å². The fraction of sp³-hybridized carbons (Fsp3) is 0.500. The SMILES string of the molecule is Cc1cnc(N[C@H]2CC[C@@H](NC(=O)CS(=O)(=O)c3cccc(C(F)(F)F)c3)CC2)nc1N(C)C.Cl. The Kier molecular flexibility index (Phi) is 9.35. The number of hydrogen-bond acceptors (Lipinski definition) is 7. The molecule has 0 spiro atoms. The van der Waals surface area contributed by atoms with E-state index in [4.69, 9.17) is 0 Å². The monoisotopic (exact) mass is 535 g/mol. The molecule has 0 aliphatic heterocycles.